The van der Waals surface area contributed by atoms with Crippen LogP contribution in [-0.2, 0) is 16.4 Å². The number of halogens is 3. The molecule has 2 aliphatic heterocycles. The maximum Gasteiger partial charge on any atom is 0.419 e. The highest BCUT2D eigenvalue weighted by atomic mass is 32.2. The van der Waals surface area contributed by atoms with Crippen LogP contribution in [0.5, 0.6) is 0 Å². The zero-order valence-corrected chi connectivity index (χ0v) is 29.9. The maximum absolute atomic E-state index is 13.2. The van der Waals surface area contributed by atoms with E-state index in [-0.39, 0.29) is 16.2 Å². The van der Waals surface area contributed by atoms with E-state index in [0.29, 0.717) is 46.7 Å². The lowest BCUT2D eigenvalue weighted by Gasteiger charge is -2.36. The number of rotatable bonds is 9. The standard InChI is InChI=1S/C35H46F3N5O3S2/c1-20-16-29-22(3)24(6-7-27(29)28(20)17-21(2)43-14-10-26(11-15-43)48(5,45)46)19-42-12-8-25(9-13-42)41-33-30-18-31(32(44)35(36,37)38)47-34(30)40-23(4)39-33/h6-7,16,18,21,25-26,28,32,44H,8-15,17,19H2,1-5H3,(H,39,40,41)/t21-,28?,32?/m0/s1. The van der Waals surface area contributed by atoms with Gasteiger partial charge in [-0.2, -0.15) is 13.2 Å². The van der Waals surface area contributed by atoms with E-state index in [1.807, 2.05) is 0 Å². The SMILES string of the molecule is CC1=Cc2c(ccc(CN3CCC(Nc4nc(C)nc5sc(C(O)C(F)(F)F)cc45)CC3)c2C)C1C[C@H](C)N1CCC(S(C)(=O)=O)CC1. The van der Waals surface area contributed by atoms with E-state index in [2.05, 4.69) is 64.1 Å². The van der Waals surface area contributed by atoms with Crippen LogP contribution in [0.2, 0.25) is 0 Å². The molecular formula is C35H46F3N5O3S2. The highest BCUT2D eigenvalue weighted by Gasteiger charge is 2.41. The molecule has 2 saturated heterocycles. The van der Waals surface area contributed by atoms with Crippen molar-refractivity contribution in [2.24, 2.45) is 0 Å². The molecule has 48 heavy (non-hydrogen) atoms. The number of hydrogen-bond acceptors (Lipinski definition) is 9. The zero-order chi connectivity index (χ0) is 34.5. The fraction of sp³-hybridized carbons (Fsp3) is 0.600. The predicted octanol–water partition coefficient (Wildman–Crippen LogP) is 6.77. The van der Waals surface area contributed by atoms with Crippen LogP contribution in [0.4, 0.5) is 19.0 Å². The zero-order valence-electron chi connectivity index (χ0n) is 28.3. The third-order valence-electron chi connectivity index (χ3n) is 10.7. The molecule has 2 N–H and O–H groups in total. The summed E-state index contributed by atoms with van der Waals surface area (Å²) in [5.41, 5.74) is 6.76. The van der Waals surface area contributed by atoms with Crippen LogP contribution in [0.1, 0.15) is 90.9 Å². The summed E-state index contributed by atoms with van der Waals surface area (Å²) in [5, 5.41) is 13.6. The summed E-state index contributed by atoms with van der Waals surface area (Å²) < 4.78 is 63.5. The van der Waals surface area contributed by atoms with Gasteiger partial charge in [-0.25, -0.2) is 18.4 Å². The van der Waals surface area contributed by atoms with Crippen molar-refractivity contribution in [1.29, 1.82) is 0 Å². The van der Waals surface area contributed by atoms with Gasteiger partial charge in [0.15, 0.2) is 6.10 Å². The number of alkyl halides is 3. The monoisotopic (exact) mass is 705 g/mol. The molecule has 3 aliphatic rings. The predicted molar refractivity (Wildman–Crippen MR) is 186 cm³/mol. The molecule has 0 bridgehead atoms. The molecule has 2 fully saturated rings. The van der Waals surface area contributed by atoms with Crippen molar-refractivity contribution in [3.8, 4) is 0 Å². The number of likely N-dealkylation sites (tertiary alicyclic amines) is 2. The van der Waals surface area contributed by atoms with Gasteiger partial charge in [0.1, 0.15) is 26.3 Å². The van der Waals surface area contributed by atoms with Crippen LogP contribution < -0.4 is 5.32 Å². The Morgan fingerprint density at radius 3 is 2.40 bits per heavy atom. The van der Waals surface area contributed by atoms with Crippen LogP contribution in [0.15, 0.2) is 23.8 Å². The third-order valence-corrected chi connectivity index (χ3v) is 13.4. The van der Waals surface area contributed by atoms with Gasteiger partial charge in [0.25, 0.3) is 0 Å². The molecule has 2 aromatic heterocycles. The van der Waals surface area contributed by atoms with Crippen molar-refractivity contribution in [3.05, 3.63) is 56.7 Å². The summed E-state index contributed by atoms with van der Waals surface area (Å²) in [4.78, 5) is 14.0. The van der Waals surface area contributed by atoms with Gasteiger partial charge in [-0.05, 0) is 101 Å². The number of sulfone groups is 1. The van der Waals surface area contributed by atoms with E-state index in [4.69, 9.17) is 0 Å². The molecule has 1 aliphatic carbocycles. The lowest BCUT2D eigenvalue weighted by molar-refractivity contribution is -0.205. The fourth-order valence-corrected chi connectivity index (χ4v) is 9.86. The van der Waals surface area contributed by atoms with Gasteiger partial charge < -0.3 is 15.3 Å². The number of aliphatic hydroxyl groups excluding tert-OH is 1. The molecule has 4 heterocycles. The van der Waals surface area contributed by atoms with E-state index >= 15 is 0 Å². The number of hydrogen-bond donors (Lipinski definition) is 2. The topological polar surface area (TPSA) is 98.7 Å². The largest absolute Gasteiger partial charge is 0.419 e. The Morgan fingerprint density at radius 2 is 1.75 bits per heavy atom. The molecule has 3 aromatic rings. The van der Waals surface area contributed by atoms with Gasteiger partial charge in [-0.3, -0.25) is 4.90 Å². The summed E-state index contributed by atoms with van der Waals surface area (Å²) in [6.07, 6.45) is 0.626. The Morgan fingerprint density at radius 1 is 1.06 bits per heavy atom. The molecular weight excluding hydrogens is 660 g/mol. The Hall–Kier alpha value is -2.58. The molecule has 6 rings (SSSR count). The minimum Gasteiger partial charge on any atom is -0.379 e. The van der Waals surface area contributed by atoms with Gasteiger partial charge in [0.05, 0.1) is 10.6 Å². The Labute approximate surface area is 285 Å². The molecule has 262 valence electrons. The van der Waals surface area contributed by atoms with Crippen molar-refractivity contribution >= 4 is 43.3 Å². The number of fused-ring (bicyclic) bond motifs is 2. The van der Waals surface area contributed by atoms with Gasteiger partial charge in [-0.1, -0.05) is 23.8 Å². The van der Waals surface area contributed by atoms with Crippen molar-refractivity contribution in [1.82, 2.24) is 19.8 Å². The summed E-state index contributed by atoms with van der Waals surface area (Å²) in [6, 6.07) is 6.44. The van der Waals surface area contributed by atoms with Crippen LogP contribution in [0.25, 0.3) is 16.3 Å². The smallest absolute Gasteiger partial charge is 0.379 e. The first-order valence-corrected chi connectivity index (χ1v) is 19.6. The molecule has 1 aromatic carbocycles. The number of benzene rings is 1. The average molecular weight is 706 g/mol. The average Bonchev–Trinajstić information content (AvgIpc) is 3.59. The van der Waals surface area contributed by atoms with Gasteiger partial charge >= 0.3 is 6.18 Å². The van der Waals surface area contributed by atoms with E-state index in [1.165, 1.54) is 40.1 Å². The number of thiophene rings is 1. The number of piperidine rings is 2. The van der Waals surface area contributed by atoms with Crippen molar-refractivity contribution in [2.75, 3.05) is 37.8 Å². The first kappa shape index (κ1) is 35.3. The number of anilines is 1. The lowest BCUT2D eigenvalue weighted by atomic mass is 9.87. The first-order chi connectivity index (χ1) is 22.6. The second-order valence-electron chi connectivity index (χ2n) is 14.1. The van der Waals surface area contributed by atoms with E-state index in [1.54, 1.807) is 6.92 Å². The Kier molecular flexibility index (Phi) is 10.0. The molecule has 0 amide bonds. The normalized spacial score (nSPS) is 21.8. The number of nitrogens with zero attached hydrogens (tertiary/aromatic N) is 4. The second-order valence-corrected chi connectivity index (χ2v) is 17.5. The fourth-order valence-electron chi connectivity index (χ4n) is 7.71. The first-order valence-electron chi connectivity index (χ1n) is 16.8. The molecule has 2 unspecified atom stereocenters. The van der Waals surface area contributed by atoms with Crippen molar-refractivity contribution < 1.29 is 26.7 Å². The van der Waals surface area contributed by atoms with E-state index in [0.717, 1.165) is 63.3 Å². The van der Waals surface area contributed by atoms with Crippen LogP contribution >= 0.6 is 11.3 Å². The second kappa shape index (κ2) is 13.6. The minimum atomic E-state index is -4.74. The Bertz CT molecular complexity index is 1790. The molecule has 0 radical (unpaired) electrons. The molecule has 8 nitrogen and oxygen atoms in total. The number of allylic oxidation sites excluding steroid dienone is 1. The van der Waals surface area contributed by atoms with Crippen LogP contribution in [-0.4, -0.2) is 89.2 Å². The van der Waals surface area contributed by atoms with Crippen LogP contribution in [0, 0.1) is 13.8 Å². The highest BCUT2D eigenvalue weighted by molar-refractivity contribution is 7.91. The summed E-state index contributed by atoms with van der Waals surface area (Å²) in [6.45, 7) is 12.7. The number of aliphatic hydroxyl groups is 1. The number of aryl methyl sites for hydroxylation is 1. The molecule has 0 saturated carbocycles. The number of aromatic nitrogens is 2. The molecule has 0 spiro atoms. The molecule has 13 heteroatoms. The quantitative estimate of drug-likeness (QED) is 0.252. The Balaban J connectivity index is 1.06. The van der Waals surface area contributed by atoms with E-state index < -0.39 is 22.1 Å². The summed E-state index contributed by atoms with van der Waals surface area (Å²) in [7, 11) is -2.98. The summed E-state index contributed by atoms with van der Waals surface area (Å²) >= 11 is 0.850. The van der Waals surface area contributed by atoms with Gasteiger partial charge in [-0.15, -0.1) is 11.3 Å². The summed E-state index contributed by atoms with van der Waals surface area (Å²) in [5.74, 6) is 1.36. The molecule has 3 atom stereocenters. The third kappa shape index (κ3) is 7.45. The van der Waals surface area contributed by atoms with Crippen molar-refractivity contribution in [3.63, 3.8) is 0 Å². The van der Waals surface area contributed by atoms with Gasteiger partial charge in [0.2, 0.25) is 0 Å². The van der Waals surface area contributed by atoms with E-state index in [9.17, 15) is 26.7 Å². The van der Waals surface area contributed by atoms with Gasteiger partial charge in [0, 0.05) is 48.8 Å². The van der Waals surface area contributed by atoms with Crippen LogP contribution in [0.3, 0.4) is 0 Å². The lowest BCUT2D eigenvalue weighted by Crippen LogP contribution is -2.43. The number of nitrogens with one attached hydrogen (secondary N) is 1. The highest BCUT2D eigenvalue weighted by Crippen LogP contribution is 2.43. The van der Waals surface area contributed by atoms with Crippen molar-refractivity contribution in [2.45, 2.75) is 102 Å². The maximum atomic E-state index is 13.2. The minimum absolute atomic E-state index is 0.126.